The van der Waals surface area contributed by atoms with Gasteiger partial charge in [0.05, 0.1) is 25.0 Å². The molecule has 0 bridgehead atoms. The Hall–Kier alpha value is -3.33. The molecule has 2 unspecified atom stereocenters. The molecule has 8 nitrogen and oxygen atoms in total. The van der Waals surface area contributed by atoms with Crippen molar-refractivity contribution in [1.82, 2.24) is 10.5 Å². The van der Waals surface area contributed by atoms with Crippen molar-refractivity contribution in [3.63, 3.8) is 0 Å². The third-order valence-electron chi connectivity index (χ3n) is 5.87. The molecule has 0 saturated carbocycles. The van der Waals surface area contributed by atoms with Gasteiger partial charge in [-0.3, -0.25) is 4.79 Å². The number of thiophene rings is 1. The van der Waals surface area contributed by atoms with Crippen molar-refractivity contribution in [3.05, 3.63) is 64.4 Å². The van der Waals surface area contributed by atoms with Crippen LogP contribution in [0.2, 0.25) is 0 Å². The minimum absolute atomic E-state index is 0.0417. The minimum atomic E-state index is -0.483. The number of benzene rings is 1. The highest BCUT2D eigenvalue weighted by Gasteiger charge is 2.26. The second-order valence-electron chi connectivity index (χ2n) is 8.35. The molecule has 3 aromatic rings. The van der Waals surface area contributed by atoms with E-state index >= 15 is 0 Å². The maximum absolute atomic E-state index is 12.6. The molecular formula is C24H28N4O4S. The molecule has 2 amide bonds. The van der Waals surface area contributed by atoms with E-state index in [2.05, 4.69) is 15.8 Å². The van der Waals surface area contributed by atoms with Crippen molar-refractivity contribution in [3.8, 4) is 0 Å². The van der Waals surface area contributed by atoms with Crippen LogP contribution in [0.5, 0.6) is 0 Å². The number of nitrogens with one attached hydrogen (secondary N) is 2. The van der Waals surface area contributed by atoms with Gasteiger partial charge in [0.1, 0.15) is 5.00 Å². The largest absolute Gasteiger partial charge is 0.449 e. The number of nitrogens with two attached hydrogens (primary N) is 1. The van der Waals surface area contributed by atoms with E-state index in [0.29, 0.717) is 24.5 Å². The Morgan fingerprint density at radius 3 is 2.88 bits per heavy atom. The SMILES string of the molecule is CC(CC(=O)Nc1sc2c(c1N)CCC(COC(=O)NCc1ccno1)C2)c1ccccc1. The molecule has 9 heteroatoms. The molecular weight excluding hydrogens is 440 g/mol. The maximum Gasteiger partial charge on any atom is 0.407 e. The highest BCUT2D eigenvalue weighted by atomic mass is 32.1. The lowest BCUT2D eigenvalue weighted by Crippen LogP contribution is -2.27. The van der Waals surface area contributed by atoms with Crippen LogP contribution in [0.3, 0.4) is 0 Å². The Labute approximate surface area is 196 Å². The van der Waals surface area contributed by atoms with Crippen LogP contribution in [-0.2, 0) is 28.9 Å². The van der Waals surface area contributed by atoms with Gasteiger partial charge in [-0.25, -0.2) is 4.79 Å². The number of fused-ring (bicyclic) bond motifs is 1. The van der Waals surface area contributed by atoms with Crippen molar-refractivity contribution in [2.24, 2.45) is 5.92 Å². The van der Waals surface area contributed by atoms with Crippen LogP contribution in [-0.4, -0.2) is 23.8 Å². The first kappa shape index (κ1) is 22.8. The zero-order chi connectivity index (χ0) is 23.2. The summed E-state index contributed by atoms with van der Waals surface area (Å²) in [5.74, 6) is 0.864. The molecule has 2 atom stereocenters. The fourth-order valence-corrected chi connectivity index (χ4v) is 5.30. The Morgan fingerprint density at radius 1 is 1.30 bits per heavy atom. The molecule has 0 aliphatic heterocycles. The molecule has 174 valence electrons. The fraction of sp³-hybridized carbons (Fsp3) is 0.375. The van der Waals surface area contributed by atoms with Gasteiger partial charge in [0.2, 0.25) is 5.91 Å². The average Bonchev–Trinajstić information content (AvgIpc) is 3.45. The number of nitrogens with zero attached hydrogens (tertiary/aromatic N) is 1. The Balaban J connectivity index is 1.27. The first-order chi connectivity index (χ1) is 16.0. The molecule has 0 radical (unpaired) electrons. The Bertz CT molecular complexity index is 1080. The Morgan fingerprint density at radius 2 is 2.12 bits per heavy atom. The molecule has 1 aromatic carbocycles. The van der Waals surface area contributed by atoms with Crippen molar-refractivity contribution >= 4 is 34.0 Å². The van der Waals surface area contributed by atoms with Gasteiger partial charge in [0.25, 0.3) is 0 Å². The second-order valence-corrected chi connectivity index (χ2v) is 9.46. The summed E-state index contributed by atoms with van der Waals surface area (Å²) >= 11 is 1.53. The molecule has 0 fully saturated rings. The van der Waals surface area contributed by atoms with E-state index < -0.39 is 6.09 Å². The number of carbonyl (C=O) groups excluding carboxylic acids is 2. The van der Waals surface area contributed by atoms with Gasteiger partial charge in [-0.15, -0.1) is 11.3 Å². The lowest BCUT2D eigenvalue weighted by molar-refractivity contribution is -0.116. The number of aromatic nitrogens is 1. The number of ether oxygens (including phenoxy) is 1. The number of amides is 2. The van der Waals surface area contributed by atoms with E-state index in [1.165, 1.54) is 17.5 Å². The summed E-state index contributed by atoms with van der Waals surface area (Å²) in [6.45, 7) is 2.61. The van der Waals surface area contributed by atoms with Crippen molar-refractivity contribution in [2.45, 2.75) is 45.1 Å². The third kappa shape index (κ3) is 5.92. The molecule has 4 rings (SSSR count). The van der Waals surface area contributed by atoms with Gasteiger partial charge in [-0.1, -0.05) is 42.4 Å². The molecule has 2 aromatic heterocycles. The van der Waals surface area contributed by atoms with E-state index in [-0.39, 0.29) is 24.3 Å². The summed E-state index contributed by atoms with van der Waals surface area (Å²) in [6.07, 6.45) is 3.89. The first-order valence-corrected chi connectivity index (χ1v) is 11.9. The number of nitrogen functional groups attached to an aromatic ring is 1. The van der Waals surface area contributed by atoms with Crippen molar-refractivity contribution < 1.29 is 18.8 Å². The van der Waals surface area contributed by atoms with E-state index in [0.717, 1.165) is 40.3 Å². The van der Waals surface area contributed by atoms with Gasteiger partial charge in [-0.2, -0.15) is 0 Å². The van der Waals surface area contributed by atoms with E-state index in [1.807, 2.05) is 37.3 Å². The number of alkyl carbamates (subject to hydrolysis) is 1. The summed E-state index contributed by atoms with van der Waals surface area (Å²) in [5.41, 5.74) is 9.27. The fourth-order valence-electron chi connectivity index (χ4n) is 4.01. The number of rotatable bonds is 8. The third-order valence-corrected chi connectivity index (χ3v) is 7.06. The second kappa shape index (κ2) is 10.5. The van der Waals surface area contributed by atoms with Crippen LogP contribution in [0.1, 0.15) is 47.4 Å². The molecule has 1 aliphatic carbocycles. The van der Waals surface area contributed by atoms with E-state index in [9.17, 15) is 9.59 Å². The monoisotopic (exact) mass is 468 g/mol. The van der Waals surface area contributed by atoms with E-state index in [4.69, 9.17) is 15.0 Å². The van der Waals surface area contributed by atoms with Gasteiger partial charge in [0, 0.05) is 17.4 Å². The number of hydrogen-bond acceptors (Lipinski definition) is 7. The summed E-state index contributed by atoms with van der Waals surface area (Å²) < 4.78 is 10.3. The summed E-state index contributed by atoms with van der Waals surface area (Å²) in [4.78, 5) is 25.7. The lowest BCUT2D eigenvalue weighted by atomic mass is 9.89. The number of hydrogen-bond donors (Lipinski definition) is 3. The quantitative estimate of drug-likeness (QED) is 0.448. The van der Waals surface area contributed by atoms with E-state index in [1.54, 1.807) is 6.07 Å². The predicted molar refractivity (Wildman–Crippen MR) is 127 cm³/mol. The highest BCUT2D eigenvalue weighted by Crippen LogP contribution is 2.41. The standard InChI is InChI=1S/C24H28N4O4S/c1-15(17-5-3-2-4-6-17)11-21(29)28-23-22(25)19-8-7-16(12-20(19)33-23)14-31-24(30)26-13-18-9-10-27-32-18/h2-6,9-10,15-16H,7-8,11-14,25H2,1H3,(H,26,30)(H,28,29). The molecule has 1 aliphatic rings. The molecule has 0 saturated heterocycles. The summed E-state index contributed by atoms with van der Waals surface area (Å²) in [5, 5.41) is 9.97. The molecule has 4 N–H and O–H groups in total. The van der Waals surface area contributed by atoms with Crippen LogP contribution < -0.4 is 16.4 Å². The van der Waals surface area contributed by atoms with Gasteiger partial charge < -0.3 is 25.6 Å². The van der Waals surface area contributed by atoms with Crippen LogP contribution in [0.15, 0.2) is 47.1 Å². The van der Waals surface area contributed by atoms with Gasteiger partial charge in [0.15, 0.2) is 5.76 Å². The topological polar surface area (TPSA) is 119 Å². The van der Waals surface area contributed by atoms with Crippen LogP contribution >= 0.6 is 11.3 Å². The number of carbonyl (C=O) groups is 2. The smallest absolute Gasteiger partial charge is 0.407 e. The highest BCUT2D eigenvalue weighted by molar-refractivity contribution is 7.17. The van der Waals surface area contributed by atoms with Crippen LogP contribution in [0.4, 0.5) is 15.5 Å². The maximum atomic E-state index is 12.6. The van der Waals surface area contributed by atoms with Crippen molar-refractivity contribution in [1.29, 1.82) is 0 Å². The minimum Gasteiger partial charge on any atom is -0.449 e. The summed E-state index contributed by atoms with van der Waals surface area (Å²) in [7, 11) is 0. The Kier molecular flexibility index (Phi) is 7.29. The van der Waals surface area contributed by atoms with Crippen LogP contribution in [0, 0.1) is 5.92 Å². The number of anilines is 2. The zero-order valence-electron chi connectivity index (χ0n) is 18.5. The molecule has 0 spiro atoms. The summed E-state index contributed by atoms with van der Waals surface area (Å²) in [6, 6.07) is 11.7. The normalized spacial score (nSPS) is 16.0. The van der Waals surface area contributed by atoms with Crippen LogP contribution in [0.25, 0.3) is 0 Å². The van der Waals surface area contributed by atoms with Gasteiger partial charge >= 0.3 is 6.09 Å². The van der Waals surface area contributed by atoms with Gasteiger partial charge in [-0.05, 0) is 42.2 Å². The first-order valence-electron chi connectivity index (χ1n) is 11.0. The lowest BCUT2D eigenvalue weighted by Gasteiger charge is -2.22. The zero-order valence-corrected chi connectivity index (χ0v) is 19.3. The van der Waals surface area contributed by atoms with Crippen molar-refractivity contribution in [2.75, 3.05) is 17.7 Å². The average molecular weight is 469 g/mol. The predicted octanol–water partition coefficient (Wildman–Crippen LogP) is 4.48. The molecule has 2 heterocycles. The molecule has 33 heavy (non-hydrogen) atoms.